The molecule has 1 aliphatic rings. The number of hydrogen-bond donors (Lipinski definition) is 3. The summed E-state index contributed by atoms with van der Waals surface area (Å²) in [5.74, 6) is -3.96. The Morgan fingerprint density at radius 3 is 2.42 bits per heavy atom. The molecule has 0 atom stereocenters. The van der Waals surface area contributed by atoms with Gasteiger partial charge in [-0.15, -0.1) is 0 Å². The molecule has 0 aliphatic carbocycles. The highest BCUT2D eigenvalue weighted by Crippen LogP contribution is 2.07. The molecule has 7 nitrogen and oxygen atoms in total. The summed E-state index contributed by atoms with van der Waals surface area (Å²) in [7, 11) is 0. The van der Waals surface area contributed by atoms with Gasteiger partial charge in [-0.05, 0) is 40.8 Å². The number of carboxylic acid groups (broad SMARTS) is 2. The van der Waals surface area contributed by atoms with Crippen molar-refractivity contribution in [1.29, 1.82) is 0 Å². The van der Waals surface area contributed by atoms with Crippen molar-refractivity contribution in [3.8, 4) is 0 Å². The predicted molar refractivity (Wildman–Crippen MR) is 93.5 cm³/mol. The lowest BCUT2D eigenvalue weighted by Crippen LogP contribution is -3.10. The van der Waals surface area contributed by atoms with E-state index in [0.717, 1.165) is 22.1 Å². The molecule has 132 valence electrons. The Morgan fingerprint density at radius 2 is 1.88 bits per heavy atom. The van der Waals surface area contributed by atoms with E-state index in [9.17, 15) is 4.79 Å². The van der Waals surface area contributed by atoms with Gasteiger partial charge in [0.1, 0.15) is 0 Å². The van der Waals surface area contributed by atoms with Gasteiger partial charge >= 0.3 is 5.97 Å². The monoisotopic (exact) mass is 448 g/mol. The zero-order chi connectivity index (χ0) is 17.9. The first-order valence-corrected chi connectivity index (χ1v) is 8.79. The van der Waals surface area contributed by atoms with Crippen LogP contribution in [0.2, 0.25) is 0 Å². The Balaban J connectivity index is 0.000000413. The SMILES string of the molecule is O=C(NCCC[NH+]1CCCC1)c1cccc(I)c1.O=C([O-])C(=O)O. The van der Waals surface area contributed by atoms with Crippen LogP contribution in [-0.4, -0.2) is 49.1 Å². The molecule has 1 aromatic rings. The van der Waals surface area contributed by atoms with E-state index in [1.54, 1.807) is 4.90 Å². The van der Waals surface area contributed by atoms with Crippen molar-refractivity contribution in [2.45, 2.75) is 19.3 Å². The minimum atomic E-state index is -2.07. The molecule has 1 saturated heterocycles. The smallest absolute Gasteiger partial charge is 0.351 e. The molecule has 2 rings (SSSR count). The van der Waals surface area contributed by atoms with Crippen molar-refractivity contribution in [1.82, 2.24) is 5.32 Å². The molecule has 24 heavy (non-hydrogen) atoms. The summed E-state index contributed by atoms with van der Waals surface area (Å²) >= 11 is 2.23. The first kappa shape index (κ1) is 20.4. The van der Waals surface area contributed by atoms with Crippen LogP contribution < -0.4 is 15.3 Å². The van der Waals surface area contributed by atoms with Crippen molar-refractivity contribution in [3.05, 3.63) is 33.4 Å². The second-order valence-electron chi connectivity index (χ2n) is 5.42. The molecule has 0 bridgehead atoms. The fourth-order valence-electron chi connectivity index (χ4n) is 2.40. The molecule has 0 unspecified atom stereocenters. The summed E-state index contributed by atoms with van der Waals surface area (Å²) in [6, 6.07) is 7.70. The van der Waals surface area contributed by atoms with Crippen molar-refractivity contribution in [2.75, 3.05) is 26.2 Å². The fraction of sp³-hybridized carbons (Fsp3) is 0.438. The van der Waals surface area contributed by atoms with Gasteiger partial charge in [0.05, 0.1) is 19.6 Å². The maximum absolute atomic E-state index is 11.9. The van der Waals surface area contributed by atoms with Gasteiger partial charge < -0.3 is 25.2 Å². The average molecular weight is 448 g/mol. The number of nitrogens with one attached hydrogen (secondary N) is 2. The second kappa shape index (κ2) is 11.0. The number of carbonyl (C=O) groups excluding carboxylic acids is 2. The Labute approximate surface area is 154 Å². The highest BCUT2D eigenvalue weighted by Gasteiger charge is 2.14. The summed E-state index contributed by atoms with van der Waals surface area (Å²) < 4.78 is 1.10. The van der Waals surface area contributed by atoms with Crippen LogP contribution in [0.4, 0.5) is 0 Å². The number of carbonyl (C=O) groups is 3. The van der Waals surface area contributed by atoms with Crippen LogP contribution in [0.5, 0.6) is 0 Å². The molecule has 1 aliphatic heterocycles. The molecule has 1 heterocycles. The fourth-order valence-corrected chi connectivity index (χ4v) is 2.94. The van der Waals surface area contributed by atoms with E-state index < -0.39 is 11.9 Å². The summed E-state index contributed by atoms with van der Waals surface area (Å²) in [5.41, 5.74) is 0.760. The standard InChI is InChI=1S/C14H19IN2O.C2H2O4/c15-13-6-3-5-12(11-13)14(18)16-7-4-10-17-8-1-2-9-17;3-1(4)2(5)6/h3,5-6,11H,1-2,4,7-10H2,(H,16,18);(H,3,4)(H,5,6). The largest absolute Gasteiger partial charge is 0.539 e. The number of aliphatic carboxylic acids is 2. The van der Waals surface area contributed by atoms with Gasteiger partial charge in [-0.1, -0.05) is 6.07 Å². The van der Waals surface area contributed by atoms with Crippen LogP contribution in [-0.2, 0) is 9.59 Å². The Kier molecular flexibility index (Phi) is 9.31. The first-order chi connectivity index (χ1) is 11.4. The third-order valence-corrected chi connectivity index (χ3v) is 4.24. The number of quaternary nitrogens is 1. The molecular formula is C16H21IN2O5. The van der Waals surface area contributed by atoms with Gasteiger partial charge in [-0.3, -0.25) is 4.79 Å². The van der Waals surface area contributed by atoms with Crippen LogP contribution in [0, 0.1) is 3.57 Å². The van der Waals surface area contributed by atoms with Gasteiger partial charge in [-0.2, -0.15) is 0 Å². The van der Waals surface area contributed by atoms with Crippen molar-refractivity contribution in [3.63, 3.8) is 0 Å². The Hall–Kier alpha value is -1.68. The summed E-state index contributed by atoms with van der Waals surface area (Å²) in [6.45, 7) is 4.59. The minimum Gasteiger partial charge on any atom is -0.539 e. The molecule has 1 amide bonds. The van der Waals surface area contributed by atoms with Crippen molar-refractivity contribution >= 4 is 40.4 Å². The average Bonchev–Trinajstić information content (AvgIpc) is 3.05. The van der Waals surface area contributed by atoms with Gasteiger partial charge in [-0.25, -0.2) is 4.79 Å². The van der Waals surface area contributed by atoms with E-state index in [4.69, 9.17) is 19.8 Å². The molecule has 3 N–H and O–H groups in total. The van der Waals surface area contributed by atoms with Gasteiger partial charge in [0.25, 0.3) is 5.91 Å². The van der Waals surface area contributed by atoms with Crippen LogP contribution in [0.15, 0.2) is 24.3 Å². The Morgan fingerprint density at radius 1 is 1.25 bits per heavy atom. The van der Waals surface area contributed by atoms with Crippen LogP contribution in [0.3, 0.4) is 0 Å². The van der Waals surface area contributed by atoms with Crippen molar-refractivity contribution < 1.29 is 29.5 Å². The Bertz CT molecular complexity index is 561. The lowest BCUT2D eigenvalue weighted by atomic mass is 10.2. The van der Waals surface area contributed by atoms with E-state index in [2.05, 4.69) is 27.9 Å². The first-order valence-electron chi connectivity index (χ1n) is 7.71. The van der Waals surface area contributed by atoms with Gasteiger partial charge in [0.2, 0.25) is 0 Å². The zero-order valence-electron chi connectivity index (χ0n) is 13.2. The maximum Gasteiger partial charge on any atom is 0.351 e. The molecule has 0 aromatic heterocycles. The number of rotatable bonds is 5. The third-order valence-electron chi connectivity index (χ3n) is 3.56. The molecule has 8 heteroatoms. The van der Waals surface area contributed by atoms with E-state index in [0.29, 0.717) is 0 Å². The number of likely N-dealkylation sites (tertiary alicyclic amines) is 1. The molecule has 0 spiro atoms. The summed E-state index contributed by atoms with van der Waals surface area (Å²) in [6.07, 6.45) is 3.80. The summed E-state index contributed by atoms with van der Waals surface area (Å²) in [5, 5.41) is 19.3. The van der Waals surface area contributed by atoms with E-state index in [1.165, 1.54) is 32.5 Å². The molecule has 1 fully saturated rings. The lowest BCUT2D eigenvalue weighted by Gasteiger charge is -2.12. The van der Waals surface area contributed by atoms with Crippen LogP contribution in [0.1, 0.15) is 29.6 Å². The van der Waals surface area contributed by atoms with Gasteiger partial charge in [0.15, 0.2) is 5.97 Å². The number of benzene rings is 1. The number of halogens is 1. The molecule has 1 aromatic carbocycles. The molecule has 0 saturated carbocycles. The summed E-state index contributed by atoms with van der Waals surface area (Å²) in [4.78, 5) is 31.6. The number of carboxylic acids is 2. The van der Waals surface area contributed by atoms with E-state index in [-0.39, 0.29) is 5.91 Å². The zero-order valence-corrected chi connectivity index (χ0v) is 15.4. The quantitative estimate of drug-likeness (QED) is 0.301. The number of hydrogen-bond acceptors (Lipinski definition) is 4. The highest BCUT2D eigenvalue weighted by atomic mass is 127. The third kappa shape index (κ3) is 8.25. The predicted octanol–water partition coefficient (Wildman–Crippen LogP) is -1.09. The van der Waals surface area contributed by atoms with Crippen molar-refractivity contribution in [2.24, 2.45) is 0 Å². The van der Waals surface area contributed by atoms with Crippen LogP contribution >= 0.6 is 22.6 Å². The van der Waals surface area contributed by atoms with Crippen LogP contribution in [0.25, 0.3) is 0 Å². The van der Waals surface area contributed by atoms with E-state index >= 15 is 0 Å². The maximum atomic E-state index is 11.9. The molecule has 0 radical (unpaired) electrons. The number of amides is 1. The van der Waals surface area contributed by atoms with E-state index in [1.807, 2.05) is 24.3 Å². The second-order valence-corrected chi connectivity index (χ2v) is 6.67. The van der Waals surface area contributed by atoms with Gasteiger partial charge in [0, 0.05) is 34.9 Å². The molecular weight excluding hydrogens is 427 g/mol. The normalized spacial score (nSPS) is 13.7. The lowest BCUT2D eigenvalue weighted by molar-refractivity contribution is -0.887. The topological polar surface area (TPSA) is 111 Å². The minimum absolute atomic E-state index is 0.0462. The highest BCUT2D eigenvalue weighted by molar-refractivity contribution is 14.1.